The van der Waals surface area contributed by atoms with E-state index in [1.165, 1.54) is 13.4 Å². The molecule has 59 heavy (non-hydrogen) atoms. The lowest BCUT2D eigenvalue weighted by atomic mass is 9.93. The van der Waals surface area contributed by atoms with Crippen molar-refractivity contribution in [2.45, 2.75) is 30.6 Å². The highest BCUT2D eigenvalue weighted by molar-refractivity contribution is 5.94. The molecule has 9 rings (SSSR count). The van der Waals surface area contributed by atoms with E-state index in [2.05, 4.69) is 20.7 Å². The monoisotopic (exact) mass is 782 g/mol. The molecule has 1 saturated carbocycles. The van der Waals surface area contributed by atoms with Crippen LogP contribution in [0.4, 0.5) is 11.4 Å². The second-order valence-corrected chi connectivity index (χ2v) is 14.7. The number of hydrogen-bond acceptors (Lipinski definition) is 9. The van der Waals surface area contributed by atoms with E-state index in [9.17, 15) is 19.5 Å². The fourth-order valence-electron chi connectivity index (χ4n) is 7.55. The number of rotatable bonds is 12. The molecule has 4 aromatic carbocycles. The number of aliphatic hydroxyl groups is 1. The third-order valence-corrected chi connectivity index (χ3v) is 10.9. The maximum atomic E-state index is 13.0. The van der Waals surface area contributed by atoms with Gasteiger partial charge in [0.05, 0.1) is 32.1 Å². The largest absolute Gasteiger partial charge is 0.465 e. The second-order valence-electron chi connectivity index (χ2n) is 14.7. The summed E-state index contributed by atoms with van der Waals surface area (Å²) in [7, 11) is 1.32. The Morgan fingerprint density at radius 3 is 1.85 bits per heavy atom. The number of fused-ring (bicyclic) bond motifs is 2. The maximum absolute atomic E-state index is 13.0. The number of amides is 2. The summed E-state index contributed by atoms with van der Waals surface area (Å²) >= 11 is 0. The summed E-state index contributed by atoms with van der Waals surface area (Å²) in [6.45, 7) is -0.0565. The molecule has 0 spiro atoms. The summed E-state index contributed by atoms with van der Waals surface area (Å²) in [6, 6.07) is 37.8. The third kappa shape index (κ3) is 7.66. The van der Waals surface area contributed by atoms with Gasteiger partial charge in [-0.25, -0.2) is 23.8 Å². The van der Waals surface area contributed by atoms with E-state index in [0.29, 0.717) is 34.8 Å². The van der Waals surface area contributed by atoms with Gasteiger partial charge in [0.2, 0.25) is 11.8 Å². The molecule has 2 amide bonds. The first-order valence-corrected chi connectivity index (χ1v) is 19.1. The average Bonchev–Trinajstić information content (AvgIpc) is 3.57. The quantitative estimate of drug-likeness (QED) is 0.115. The standard InChI is InChI=1S/C46H38N8O5/c1-59-45(58)33-10-14-37(15-11-33)49-42(56)22-30-4-8-32(9-5-30)35-19-21-54-41(25-35)51-44(52-54)39-26-46(39,27-55)36-12-16-38(17-13-36)50-43(57)23-29-2-6-31(7-3-29)34-18-20-53-40(24-34)47-28-48-53/h2-21,24-25,28,39,55H,22-23,26-27H2,1H3,(H,49,56)(H,50,57). The average molecular weight is 783 g/mol. The zero-order chi connectivity index (χ0) is 40.5. The van der Waals surface area contributed by atoms with Gasteiger partial charge >= 0.3 is 5.97 Å². The van der Waals surface area contributed by atoms with Gasteiger partial charge < -0.3 is 20.5 Å². The van der Waals surface area contributed by atoms with Crippen molar-refractivity contribution >= 4 is 40.5 Å². The molecule has 4 heterocycles. The first-order chi connectivity index (χ1) is 28.8. The zero-order valence-corrected chi connectivity index (χ0v) is 31.9. The zero-order valence-electron chi connectivity index (χ0n) is 31.9. The van der Waals surface area contributed by atoms with Crippen molar-refractivity contribution < 1.29 is 24.2 Å². The minimum atomic E-state index is -0.509. The first kappa shape index (κ1) is 37.1. The molecule has 3 N–H and O–H groups in total. The lowest BCUT2D eigenvalue weighted by Gasteiger charge is -2.15. The predicted molar refractivity (Wildman–Crippen MR) is 222 cm³/mol. The molecule has 1 fully saturated rings. The molecule has 0 saturated heterocycles. The second kappa shape index (κ2) is 15.4. The predicted octanol–water partition coefficient (Wildman–Crippen LogP) is 6.67. The lowest BCUT2D eigenvalue weighted by Crippen LogP contribution is -2.17. The highest BCUT2D eigenvalue weighted by atomic mass is 16.5. The van der Waals surface area contributed by atoms with Crippen LogP contribution < -0.4 is 10.6 Å². The van der Waals surface area contributed by atoms with Gasteiger partial charge in [-0.1, -0.05) is 60.7 Å². The number of hydrogen-bond donors (Lipinski definition) is 3. The molecule has 8 aromatic rings. The summed E-state index contributed by atoms with van der Waals surface area (Å²) in [5.41, 5.74) is 9.34. The molecule has 0 aliphatic heterocycles. The molecular weight excluding hydrogens is 745 g/mol. The molecule has 1 aliphatic carbocycles. The molecule has 292 valence electrons. The Morgan fingerprint density at radius 2 is 1.27 bits per heavy atom. The Bertz CT molecular complexity index is 2830. The van der Waals surface area contributed by atoms with Crippen LogP contribution in [-0.2, 0) is 32.6 Å². The number of aliphatic hydroxyl groups excluding tert-OH is 1. The van der Waals surface area contributed by atoms with E-state index in [0.717, 1.165) is 44.6 Å². The SMILES string of the molecule is COC(=O)c1ccc(NC(=O)Cc2ccc(-c3ccn4nc(C5CC5(CO)c5ccc(NC(=O)Cc6ccc(-c7ccn8ncnc8c7)cc6)cc5)nc4c3)cc2)cc1. The van der Waals surface area contributed by atoms with Gasteiger partial charge in [-0.15, -0.1) is 0 Å². The summed E-state index contributed by atoms with van der Waals surface area (Å²) in [5.74, 6) is -0.119. The number of methoxy groups -OCH3 is 1. The maximum Gasteiger partial charge on any atom is 0.337 e. The Morgan fingerprint density at radius 1 is 0.712 bits per heavy atom. The molecule has 0 radical (unpaired) electrons. The number of esters is 1. The van der Waals surface area contributed by atoms with Gasteiger partial charge in [0.1, 0.15) is 6.33 Å². The van der Waals surface area contributed by atoms with Crippen molar-refractivity contribution in [2.75, 3.05) is 24.4 Å². The van der Waals surface area contributed by atoms with E-state index in [4.69, 9.17) is 14.8 Å². The number of nitrogens with one attached hydrogen (secondary N) is 2. The number of aromatic nitrogens is 6. The van der Waals surface area contributed by atoms with Gasteiger partial charge in [0, 0.05) is 35.1 Å². The minimum Gasteiger partial charge on any atom is -0.465 e. The fourth-order valence-corrected chi connectivity index (χ4v) is 7.55. The molecule has 13 heteroatoms. The van der Waals surface area contributed by atoms with Crippen LogP contribution in [0.15, 0.2) is 140 Å². The van der Waals surface area contributed by atoms with Gasteiger partial charge in [0.15, 0.2) is 17.1 Å². The number of anilines is 2. The van der Waals surface area contributed by atoms with Crippen LogP contribution in [0.2, 0.25) is 0 Å². The molecular formula is C46H38N8O5. The number of ether oxygens (including phenoxy) is 1. The van der Waals surface area contributed by atoms with Crippen molar-refractivity contribution in [1.82, 2.24) is 29.2 Å². The van der Waals surface area contributed by atoms with Crippen molar-refractivity contribution in [2.24, 2.45) is 0 Å². The molecule has 1 aliphatic rings. The third-order valence-electron chi connectivity index (χ3n) is 10.9. The Labute approximate surface area is 338 Å². The summed E-state index contributed by atoms with van der Waals surface area (Å²) in [5, 5.41) is 25.4. The van der Waals surface area contributed by atoms with Gasteiger partial charge in [-0.2, -0.15) is 10.2 Å². The van der Waals surface area contributed by atoms with Gasteiger partial charge in [-0.3, -0.25) is 9.59 Å². The topological polar surface area (TPSA) is 165 Å². The van der Waals surface area contributed by atoms with Crippen LogP contribution in [0.3, 0.4) is 0 Å². The van der Waals surface area contributed by atoms with Crippen molar-refractivity contribution in [3.05, 3.63) is 168 Å². The number of pyridine rings is 2. The summed E-state index contributed by atoms with van der Waals surface area (Å²) in [4.78, 5) is 46.5. The van der Waals surface area contributed by atoms with Crippen LogP contribution in [0, 0.1) is 0 Å². The first-order valence-electron chi connectivity index (χ1n) is 19.1. The Balaban J connectivity index is 0.803. The fraction of sp³-hybridized carbons (Fsp3) is 0.152. The smallest absolute Gasteiger partial charge is 0.337 e. The van der Waals surface area contributed by atoms with Crippen molar-refractivity contribution in [1.29, 1.82) is 0 Å². The van der Waals surface area contributed by atoms with Crippen LogP contribution in [0.1, 0.15) is 45.2 Å². The molecule has 4 aromatic heterocycles. The van der Waals surface area contributed by atoms with E-state index < -0.39 is 11.4 Å². The van der Waals surface area contributed by atoms with E-state index in [-0.39, 0.29) is 37.2 Å². The Kier molecular flexibility index (Phi) is 9.71. The van der Waals surface area contributed by atoms with Crippen LogP contribution in [-0.4, -0.2) is 65.8 Å². The van der Waals surface area contributed by atoms with E-state index >= 15 is 0 Å². The highest BCUT2D eigenvalue weighted by Crippen LogP contribution is 2.59. The number of carbonyl (C=O) groups excluding carboxylic acids is 3. The highest BCUT2D eigenvalue weighted by Gasteiger charge is 2.57. The Hall–Kier alpha value is -7.51. The normalized spacial score (nSPS) is 15.9. The minimum absolute atomic E-state index is 0.0565. The lowest BCUT2D eigenvalue weighted by molar-refractivity contribution is -0.116. The van der Waals surface area contributed by atoms with Gasteiger partial charge in [0.25, 0.3) is 0 Å². The van der Waals surface area contributed by atoms with E-state index in [1.54, 1.807) is 33.3 Å². The molecule has 2 atom stereocenters. The number of benzene rings is 4. The van der Waals surface area contributed by atoms with Crippen molar-refractivity contribution in [3.63, 3.8) is 0 Å². The van der Waals surface area contributed by atoms with E-state index in [1.807, 2.05) is 109 Å². The number of nitrogens with zero attached hydrogens (tertiary/aromatic N) is 6. The van der Waals surface area contributed by atoms with Gasteiger partial charge in [-0.05, 0) is 106 Å². The summed E-state index contributed by atoms with van der Waals surface area (Å²) in [6.07, 6.45) is 6.40. The molecule has 13 nitrogen and oxygen atoms in total. The molecule has 0 bridgehead atoms. The molecule has 2 unspecified atom stereocenters. The van der Waals surface area contributed by atoms with Crippen LogP contribution in [0.5, 0.6) is 0 Å². The van der Waals surface area contributed by atoms with Crippen LogP contribution in [0.25, 0.3) is 33.5 Å². The van der Waals surface area contributed by atoms with Crippen LogP contribution >= 0.6 is 0 Å². The van der Waals surface area contributed by atoms with Crippen molar-refractivity contribution in [3.8, 4) is 22.3 Å². The number of carbonyl (C=O) groups is 3. The summed E-state index contributed by atoms with van der Waals surface area (Å²) < 4.78 is 8.18.